The minimum Gasteiger partial charge on any atom is -0.403 e. The van der Waals surface area contributed by atoms with Gasteiger partial charge in [0.25, 0.3) is 0 Å². The summed E-state index contributed by atoms with van der Waals surface area (Å²) in [7, 11) is 1.90. The van der Waals surface area contributed by atoms with Crippen molar-refractivity contribution in [2.75, 3.05) is 20.3 Å². The second-order valence-electron chi connectivity index (χ2n) is 11.4. The van der Waals surface area contributed by atoms with Gasteiger partial charge in [0, 0.05) is 25.4 Å². The molecule has 4 N–H and O–H groups in total. The Bertz CT molecular complexity index is 667. The fourth-order valence-corrected chi connectivity index (χ4v) is 8.80. The molecule has 0 saturated heterocycles. The van der Waals surface area contributed by atoms with Crippen LogP contribution in [-0.4, -0.2) is 31.1 Å². The summed E-state index contributed by atoms with van der Waals surface area (Å²) in [5.74, 6) is 10.3. The third-order valence-electron chi connectivity index (χ3n) is 10.0. The number of hydrogen-bond acceptors (Lipinski definition) is 5. The molecule has 30 heavy (non-hydrogen) atoms. The number of hydrogen-bond donors (Lipinski definition) is 2. The Morgan fingerprint density at radius 2 is 1.93 bits per heavy atom. The smallest absolute Gasteiger partial charge is 0.157 e. The lowest BCUT2D eigenvalue weighted by atomic mass is 9.44. The molecule has 0 radical (unpaired) electrons. The topological polar surface area (TPSA) is 81.6 Å². The van der Waals surface area contributed by atoms with Gasteiger partial charge in [0.2, 0.25) is 0 Å². The SMILES string of the molecule is COCC12CCC(C)CC1CCC1C3CCC(C(=O)CN(N)/C=C\N)C3(C)CCC12. The van der Waals surface area contributed by atoms with Crippen molar-refractivity contribution in [2.24, 2.45) is 57.9 Å². The molecule has 4 aliphatic carbocycles. The summed E-state index contributed by atoms with van der Waals surface area (Å²) in [5, 5.41) is 1.44. The highest BCUT2D eigenvalue weighted by molar-refractivity contribution is 5.84. The Hall–Kier alpha value is -1.07. The van der Waals surface area contributed by atoms with Crippen LogP contribution in [0.25, 0.3) is 0 Å². The van der Waals surface area contributed by atoms with E-state index in [1.807, 2.05) is 7.11 Å². The Kier molecular flexibility index (Phi) is 6.24. The van der Waals surface area contributed by atoms with E-state index >= 15 is 0 Å². The highest BCUT2D eigenvalue weighted by Crippen LogP contribution is 2.68. The van der Waals surface area contributed by atoms with E-state index in [9.17, 15) is 4.79 Å². The number of hydrazine groups is 1. The van der Waals surface area contributed by atoms with Gasteiger partial charge in [-0.15, -0.1) is 0 Å². The van der Waals surface area contributed by atoms with Crippen LogP contribution >= 0.6 is 0 Å². The third-order valence-corrected chi connectivity index (χ3v) is 10.0. The molecule has 8 unspecified atom stereocenters. The van der Waals surface area contributed by atoms with Crippen molar-refractivity contribution in [3.8, 4) is 0 Å². The number of fused-ring (bicyclic) bond motifs is 5. The predicted molar refractivity (Wildman–Crippen MR) is 120 cm³/mol. The number of rotatable bonds is 6. The standard InChI is InChI=1S/C25H43N3O2/c1-17-8-11-25(16-30-3)18(14-17)4-5-19-20-6-7-22(23(29)15-28(27)13-12-26)24(20,2)10-9-21(19)25/h12-13,17-22H,4-11,14-16,26-27H2,1-3H3/b13-12-. The predicted octanol–water partition coefficient (Wildman–Crippen LogP) is 4.08. The molecule has 8 atom stereocenters. The lowest BCUT2D eigenvalue weighted by molar-refractivity contribution is -0.154. The van der Waals surface area contributed by atoms with Gasteiger partial charge in [0.15, 0.2) is 5.78 Å². The zero-order chi connectivity index (χ0) is 21.5. The Morgan fingerprint density at radius 3 is 2.67 bits per heavy atom. The maximum absolute atomic E-state index is 13.2. The molecule has 4 aliphatic rings. The first kappa shape index (κ1) is 22.1. The van der Waals surface area contributed by atoms with Crippen LogP contribution in [0.3, 0.4) is 0 Å². The van der Waals surface area contributed by atoms with E-state index in [0.717, 1.165) is 36.7 Å². The van der Waals surface area contributed by atoms with E-state index < -0.39 is 0 Å². The largest absolute Gasteiger partial charge is 0.403 e. The molecule has 4 saturated carbocycles. The van der Waals surface area contributed by atoms with Crippen molar-refractivity contribution >= 4 is 5.78 Å². The average molecular weight is 418 g/mol. The molecule has 0 aliphatic heterocycles. The summed E-state index contributed by atoms with van der Waals surface area (Å²) < 4.78 is 5.90. The lowest BCUT2D eigenvalue weighted by Gasteiger charge is -2.62. The maximum atomic E-state index is 13.2. The van der Waals surface area contributed by atoms with E-state index in [4.69, 9.17) is 16.3 Å². The van der Waals surface area contributed by atoms with Crippen LogP contribution in [0.15, 0.2) is 12.4 Å². The molecular weight excluding hydrogens is 374 g/mol. The number of nitrogens with two attached hydrogens (primary N) is 2. The minimum absolute atomic E-state index is 0.134. The van der Waals surface area contributed by atoms with Crippen LogP contribution in [0.4, 0.5) is 0 Å². The fraction of sp³-hybridized carbons (Fsp3) is 0.880. The van der Waals surface area contributed by atoms with E-state index in [-0.39, 0.29) is 17.9 Å². The summed E-state index contributed by atoms with van der Waals surface area (Å²) in [5.41, 5.74) is 5.96. The van der Waals surface area contributed by atoms with Gasteiger partial charge in [0.1, 0.15) is 0 Å². The van der Waals surface area contributed by atoms with E-state index in [1.165, 1.54) is 62.6 Å². The molecule has 5 nitrogen and oxygen atoms in total. The first-order valence-electron chi connectivity index (χ1n) is 12.3. The van der Waals surface area contributed by atoms with Gasteiger partial charge in [-0.1, -0.05) is 20.3 Å². The van der Waals surface area contributed by atoms with E-state index in [1.54, 1.807) is 6.20 Å². The molecule has 0 aromatic carbocycles. The van der Waals surface area contributed by atoms with Crippen LogP contribution in [0.1, 0.15) is 71.6 Å². The van der Waals surface area contributed by atoms with Gasteiger partial charge in [0.05, 0.1) is 13.2 Å². The Labute approximate surface area is 182 Å². The second kappa shape index (κ2) is 8.46. The molecular formula is C25H43N3O2. The molecule has 0 aromatic rings. The van der Waals surface area contributed by atoms with Gasteiger partial charge >= 0.3 is 0 Å². The quantitative estimate of drug-likeness (QED) is 0.503. The summed E-state index contributed by atoms with van der Waals surface area (Å²) in [6, 6.07) is 0. The van der Waals surface area contributed by atoms with Crippen LogP contribution in [-0.2, 0) is 9.53 Å². The summed E-state index contributed by atoms with van der Waals surface area (Å²) in [6.07, 6.45) is 14.5. The summed E-state index contributed by atoms with van der Waals surface area (Å²) in [4.78, 5) is 13.2. The Balaban J connectivity index is 1.55. The monoisotopic (exact) mass is 417 g/mol. The lowest BCUT2D eigenvalue weighted by Crippen LogP contribution is -2.56. The number of carbonyl (C=O) groups excluding carboxylic acids is 1. The van der Waals surface area contributed by atoms with E-state index in [0.29, 0.717) is 17.1 Å². The van der Waals surface area contributed by atoms with Gasteiger partial charge in [-0.05, 0) is 91.8 Å². The number of nitrogens with zero attached hydrogens (tertiary/aromatic N) is 1. The first-order valence-corrected chi connectivity index (χ1v) is 12.3. The number of carbonyl (C=O) groups is 1. The zero-order valence-electron chi connectivity index (χ0n) is 19.3. The molecule has 5 heteroatoms. The first-order chi connectivity index (χ1) is 14.4. The molecule has 170 valence electrons. The van der Waals surface area contributed by atoms with Crippen LogP contribution in [0.2, 0.25) is 0 Å². The number of Topliss-reactive ketones (excluding diaryl/α,β-unsaturated/α-hetero) is 1. The molecule has 4 fully saturated rings. The van der Waals surface area contributed by atoms with Gasteiger partial charge in [-0.2, -0.15) is 0 Å². The van der Waals surface area contributed by atoms with Crippen LogP contribution < -0.4 is 11.6 Å². The minimum atomic E-state index is 0.134. The van der Waals surface area contributed by atoms with Crippen molar-refractivity contribution in [1.82, 2.24) is 5.01 Å². The van der Waals surface area contributed by atoms with Gasteiger partial charge < -0.3 is 15.5 Å². The molecule has 0 amide bonds. The Morgan fingerprint density at radius 1 is 1.13 bits per heavy atom. The van der Waals surface area contributed by atoms with Gasteiger partial charge in [-0.3, -0.25) is 4.79 Å². The second-order valence-corrected chi connectivity index (χ2v) is 11.4. The number of methoxy groups -OCH3 is 1. The van der Waals surface area contributed by atoms with Gasteiger partial charge in [-0.25, -0.2) is 5.84 Å². The highest BCUT2D eigenvalue weighted by atomic mass is 16.5. The maximum Gasteiger partial charge on any atom is 0.157 e. The zero-order valence-corrected chi connectivity index (χ0v) is 19.3. The average Bonchev–Trinajstić information content (AvgIpc) is 3.06. The van der Waals surface area contributed by atoms with Crippen molar-refractivity contribution in [2.45, 2.75) is 71.6 Å². The van der Waals surface area contributed by atoms with Crippen molar-refractivity contribution in [1.29, 1.82) is 0 Å². The molecule has 0 aromatic heterocycles. The summed E-state index contributed by atoms with van der Waals surface area (Å²) >= 11 is 0. The number of ketones is 1. The van der Waals surface area contributed by atoms with E-state index in [2.05, 4.69) is 13.8 Å². The highest BCUT2D eigenvalue weighted by Gasteiger charge is 2.62. The van der Waals surface area contributed by atoms with Crippen molar-refractivity contribution < 1.29 is 9.53 Å². The molecule has 0 spiro atoms. The number of ether oxygens (including phenoxy) is 1. The van der Waals surface area contributed by atoms with Crippen LogP contribution in [0, 0.1) is 46.3 Å². The third kappa shape index (κ3) is 3.50. The normalized spacial score (nSPS) is 45.6. The molecule has 0 heterocycles. The molecule has 0 bridgehead atoms. The van der Waals surface area contributed by atoms with Crippen molar-refractivity contribution in [3.05, 3.63) is 12.4 Å². The summed E-state index contributed by atoms with van der Waals surface area (Å²) in [6.45, 7) is 6.06. The molecule has 4 rings (SSSR count). The van der Waals surface area contributed by atoms with Crippen LogP contribution in [0.5, 0.6) is 0 Å². The van der Waals surface area contributed by atoms with Crippen molar-refractivity contribution in [3.63, 3.8) is 0 Å². The fourth-order valence-electron chi connectivity index (χ4n) is 8.80.